The van der Waals surface area contributed by atoms with E-state index in [1.54, 1.807) is 0 Å². The van der Waals surface area contributed by atoms with Gasteiger partial charge in [0.2, 0.25) is 0 Å². The lowest BCUT2D eigenvalue weighted by molar-refractivity contribution is 1.13. The first-order valence-electron chi connectivity index (χ1n) is 19.7. The molecule has 0 radical (unpaired) electrons. The number of nitrogens with zero attached hydrogens (tertiary/aromatic N) is 2. The van der Waals surface area contributed by atoms with Crippen LogP contribution in [0.15, 0.2) is 170 Å². The Hall–Kier alpha value is -7.10. The third kappa shape index (κ3) is 3.46. The van der Waals surface area contributed by atoms with E-state index in [-0.39, 0.29) is 6.71 Å². The molecule has 14 rings (SSSR count). The summed E-state index contributed by atoms with van der Waals surface area (Å²) in [6.45, 7) is 2.33. The molecular weight excluding hydrogens is 675 g/mol. The van der Waals surface area contributed by atoms with Crippen LogP contribution in [0.1, 0.15) is 5.56 Å². The van der Waals surface area contributed by atoms with E-state index < -0.39 is 0 Å². The second-order valence-electron chi connectivity index (χ2n) is 16.1. The molecular formula is C53H31BN2. The molecule has 2 nitrogen and oxygen atoms in total. The van der Waals surface area contributed by atoms with Crippen molar-refractivity contribution in [2.75, 3.05) is 0 Å². The van der Waals surface area contributed by atoms with Crippen molar-refractivity contribution in [3.8, 4) is 55.9 Å². The van der Waals surface area contributed by atoms with Gasteiger partial charge in [-0.3, -0.25) is 0 Å². The van der Waals surface area contributed by atoms with Crippen LogP contribution in [0.3, 0.4) is 0 Å². The molecule has 2 aromatic heterocycles. The lowest BCUT2D eigenvalue weighted by atomic mass is 9.34. The van der Waals surface area contributed by atoms with Gasteiger partial charge in [0.05, 0.1) is 16.6 Å². The summed E-state index contributed by atoms with van der Waals surface area (Å²) in [5.74, 6) is 0. The Morgan fingerprint density at radius 1 is 0.393 bits per heavy atom. The van der Waals surface area contributed by atoms with Crippen LogP contribution >= 0.6 is 0 Å². The van der Waals surface area contributed by atoms with Crippen LogP contribution in [-0.4, -0.2) is 15.8 Å². The van der Waals surface area contributed by atoms with Gasteiger partial charge in [-0.25, -0.2) is 0 Å². The van der Waals surface area contributed by atoms with Gasteiger partial charge in [-0.15, -0.1) is 0 Å². The Morgan fingerprint density at radius 2 is 1.00 bits per heavy atom. The number of benzene rings is 9. The lowest BCUT2D eigenvalue weighted by Gasteiger charge is -2.34. The van der Waals surface area contributed by atoms with E-state index in [0.717, 1.165) is 0 Å². The number of aryl methyl sites for hydroxylation is 1. The van der Waals surface area contributed by atoms with Crippen molar-refractivity contribution in [1.29, 1.82) is 0 Å². The SMILES string of the molecule is Cc1cc2c3c(c1)-n1c4cccc5c4c4c6c(cccc6cc(c41)B3c1cc(-c3ccccc3)cc3c4cc(-c6ccccc6)ccc4n-2c13)-c1ccccc1-5. The molecule has 3 aliphatic rings. The van der Waals surface area contributed by atoms with E-state index in [9.17, 15) is 0 Å². The highest BCUT2D eigenvalue weighted by Gasteiger charge is 2.42. The van der Waals surface area contributed by atoms with Gasteiger partial charge < -0.3 is 9.13 Å². The molecule has 0 spiro atoms. The average Bonchev–Trinajstić information content (AvgIpc) is 3.74. The molecule has 4 heterocycles. The first kappa shape index (κ1) is 29.3. The minimum atomic E-state index is 0.0520. The molecule has 0 saturated carbocycles. The largest absolute Gasteiger partial charge is 0.310 e. The van der Waals surface area contributed by atoms with Gasteiger partial charge in [0.15, 0.2) is 0 Å². The van der Waals surface area contributed by atoms with Crippen LogP contribution in [-0.2, 0) is 0 Å². The maximum atomic E-state index is 2.64. The Kier molecular flexibility index (Phi) is 5.31. The summed E-state index contributed by atoms with van der Waals surface area (Å²) in [5, 5.41) is 8.02. The van der Waals surface area contributed by atoms with Gasteiger partial charge >= 0.3 is 0 Å². The normalized spacial score (nSPS) is 13.1. The molecule has 0 saturated heterocycles. The maximum Gasteiger partial charge on any atom is 0.252 e. The predicted octanol–water partition coefficient (Wildman–Crippen LogP) is 11.5. The molecule has 256 valence electrons. The Morgan fingerprint density at radius 3 is 1.75 bits per heavy atom. The summed E-state index contributed by atoms with van der Waals surface area (Å²) >= 11 is 0. The van der Waals surface area contributed by atoms with Gasteiger partial charge in [0, 0.05) is 38.4 Å². The van der Waals surface area contributed by atoms with Crippen LogP contribution < -0.4 is 16.4 Å². The number of fused-ring (bicyclic) bond motifs is 11. The lowest BCUT2D eigenvalue weighted by Crippen LogP contribution is -2.59. The fraction of sp³-hybridized carbons (Fsp3) is 0.0189. The summed E-state index contributed by atoms with van der Waals surface area (Å²) in [4.78, 5) is 0. The van der Waals surface area contributed by atoms with Crippen molar-refractivity contribution in [2.45, 2.75) is 6.92 Å². The minimum absolute atomic E-state index is 0.0520. The van der Waals surface area contributed by atoms with Crippen molar-refractivity contribution in [1.82, 2.24) is 9.13 Å². The third-order valence-corrected chi connectivity index (χ3v) is 13.2. The quantitative estimate of drug-likeness (QED) is 0.158. The van der Waals surface area contributed by atoms with Crippen molar-refractivity contribution < 1.29 is 0 Å². The second-order valence-corrected chi connectivity index (χ2v) is 16.1. The predicted molar refractivity (Wildman–Crippen MR) is 237 cm³/mol. The molecule has 0 amide bonds. The molecule has 56 heavy (non-hydrogen) atoms. The summed E-state index contributed by atoms with van der Waals surface area (Å²) in [6.07, 6.45) is 0. The molecule has 1 aliphatic carbocycles. The highest BCUT2D eigenvalue weighted by Crippen LogP contribution is 2.50. The molecule has 3 heteroatoms. The van der Waals surface area contributed by atoms with Crippen LogP contribution in [0.5, 0.6) is 0 Å². The molecule has 0 N–H and O–H groups in total. The van der Waals surface area contributed by atoms with Crippen molar-refractivity contribution in [2.24, 2.45) is 0 Å². The molecule has 9 aromatic carbocycles. The number of hydrogen-bond donors (Lipinski definition) is 0. The van der Waals surface area contributed by atoms with E-state index in [4.69, 9.17) is 0 Å². The van der Waals surface area contributed by atoms with Gasteiger partial charge in [-0.2, -0.15) is 0 Å². The van der Waals surface area contributed by atoms with Gasteiger partial charge in [-0.05, 0) is 121 Å². The fourth-order valence-electron chi connectivity index (χ4n) is 11.1. The first-order chi connectivity index (χ1) is 27.7. The highest BCUT2D eigenvalue weighted by atomic mass is 15.0. The molecule has 0 bridgehead atoms. The van der Waals surface area contributed by atoms with Crippen LogP contribution in [0.25, 0.3) is 110 Å². The highest BCUT2D eigenvalue weighted by molar-refractivity contribution is 7.00. The zero-order valence-electron chi connectivity index (χ0n) is 30.6. The zero-order chi connectivity index (χ0) is 36.4. The Bertz CT molecular complexity index is 3590. The van der Waals surface area contributed by atoms with E-state index in [2.05, 4.69) is 186 Å². The van der Waals surface area contributed by atoms with E-state index >= 15 is 0 Å². The van der Waals surface area contributed by atoms with E-state index in [1.165, 1.54) is 132 Å². The average molecular weight is 707 g/mol. The van der Waals surface area contributed by atoms with Gasteiger partial charge in [0.1, 0.15) is 0 Å². The molecule has 0 unspecified atom stereocenters. The summed E-state index contributed by atoms with van der Waals surface area (Å²) in [7, 11) is 0. The monoisotopic (exact) mass is 706 g/mol. The molecule has 0 atom stereocenters. The van der Waals surface area contributed by atoms with Crippen molar-refractivity contribution >= 4 is 77.5 Å². The second kappa shape index (κ2) is 10.1. The maximum absolute atomic E-state index is 2.64. The van der Waals surface area contributed by atoms with Crippen LogP contribution in [0.2, 0.25) is 0 Å². The molecule has 2 aliphatic heterocycles. The zero-order valence-corrected chi connectivity index (χ0v) is 30.6. The first-order valence-corrected chi connectivity index (χ1v) is 19.7. The smallest absolute Gasteiger partial charge is 0.252 e. The molecule has 0 fully saturated rings. The van der Waals surface area contributed by atoms with Crippen molar-refractivity contribution in [3.63, 3.8) is 0 Å². The number of rotatable bonds is 2. The Labute approximate surface area is 323 Å². The van der Waals surface area contributed by atoms with E-state index in [0.29, 0.717) is 0 Å². The fourth-order valence-corrected chi connectivity index (χ4v) is 11.1. The van der Waals surface area contributed by atoms with E-state index in [1.807, 2.05) is 0 Å². The summed E-state index contributed by atoms with van der Waals surface area (Å²) in [6, 6.07) is 64.3. The van der Waals surface area contributed by atoms with Crippen LogP contribution in [0.4, 0.5) is 0 Å². The molecule has 11 aromatic rings. The Balaban J connectivity index is 1.20. The standard InChI is InChI=1S/C53H31BN2/c1-30-24-46-51-47(25-30)56-45-21-11-20-39-37-18-9-8-17-36(37)38-19-10-16-34-28-43(53(56)50(48(34)38)49(39)45)54(51)42-29-35(32-14-6-3-7-15-32)27-41-40-26-33(31-12-4-2-5-13-31)22-23-44(40)55(46)52(41)42/h2-29H,1H3. The van der Waals surface area contributed by atoms with Crippen LogP contribution in [0, 0.1) is 6.92 Å². The topological polar surface area (TPSA) is 9.86 Å². The summed E-state index contributed by atoms with van der Waals surface area (Å²) in [5.41, 5.74) is 23.5. The van der Waals surface area contributed by atoms with Gasteiger partial charge in [-0.1, -0.05) is 133 Å². The number of aromatic nitrogens is 2. The third-order valence-electron chi connectivity index (χ3n) is 13.2. The van der Waals surface area contributed by atoms with Crippen molar-refractivity contribution in [3.05, 3.63) is 175 Å². The minimum Gasteiger partial charge on any atom is -0.310 e. The van der Waals surface area contributed by atoms with Gasteiger partial charge in [0.25, 0.3) is 6.71 Å². The number of hydrogen-bond acceptors (Lipinski definition) is 0. The summed E-state index contributed by atoms with van der Waals surface area (Å²) < 4.78 is 5.24.